The molecule has 0 fully saturated rings. The Kier molecular flexibility index (Phi) is 7.61. The minimum Gasteiger partial charge on any atom is -0.320 e. The van der Waals surface area contributed by atoms with E-state index in [-0.39, 0.29) is 11.4 Å². The van der Waals surface area contributed by atoms with Crippen molar-refractivity contribution in [3.8, 4) is 0 Å². The van der Waals surface area contributed by atoms with Crippen LogP contribution < -0.4 is 5.32 Å². The highest BCUT2D eigenvalue weighted by Crippen LogP contribution is 2.26. The molecule has 0 heterocycles. The number of rotatable bonds is 8. The number of carbonyl (C=O) groups is 1. The number of hydrogen-bond acceptors (Lipinski definition) is 3. The summed E-state index contributed by atoms with van der Waals surface area (Å²) in [4.78, 5) is 12.8. The molecule has 33 heavy (non-hydrogen) atoms. The number of amides is 1. The molecule has 0 aromatic heterocycles. The lowest BCUT2D eigenvalue weighted by molar-refractivity contribution is -0.116. The average molecular weight is 473 g/mol. The summed E-state index contributed by atoms with van der Waals surface area (Å²) >= 11 is 0. The molecule has 3 rings (SSSR count). The molecule has 3 aromatic carbocycles. The highest BCUT2D eigenvalue weighted by molar-refractivity contribution is 7.89. The predicted molar refractivity (Wildman–Crippen MR) is 125 cm³/mol. The third kappa shape index (κ3) is 5.83. The molecule has 0 aliphatic rings. The quantitative estimate of drug-likeness (QED) is 0.514. The van der Waals surface area contributed by atoms with Gasteiger partial charge >= 0.3 is 0 Å². The molecule has 8 heteroatoms. The fraction of sp³-hybridized carbons (Fsp3) is 0.240. The predicted octanol–water partition coefficient (Wildman–Crippen LogP) is 4.76. The summed E-state index contributed by atoms with van der Waals surface area (Å²) < 4.78 is 56.3. The van der Waals surface area contributed by atoms with Crippen molar-refractivity contribution in [3.05, 3.63) is 94.6 Å². The van der Waals surface area contributed by atoms with Crippen LogP contribution in [0, 0.1) is 32.4 Å². The summed E-state index contributed by atoms with van der Waals surface area (Å²) in [6, 6.07) is 16.0. The number of para-hydroxylation sites is 1. The monoisotopic (exact) mass is 472 g/mol. The molecule has 1 N–H and O–H groups in total. The van der Waals surface area contributed by atoms with Crippen molar-refractivity contribution in [1.82, 2.24) is 4.31 Å². The average Bonchev–Trinajstić information content (AvgIpc) is 2.73. The molecule has 0 saturated heterocycles. The Morgan fingerprint density at radius 3 is 2.06 bits per heavy atom. The maximum Gasteiger partial charge on any atom is 0.244 e. The minimum absolute atomic E-state index is 0.0201. The lowest BCUT2D eigenvalue weighted by Crippen LogP contribution is -2.40. The summed E-state index contributed by atoms with van der Waals surface area (Å²) in [6.45, 7) is 4.72. The lowest BCUT2D eigenvalue weighted by Gasteiger charge is -2.24. The van der Waals surface area contributed by atoms with Gasteiger partial charge in [0.1, 0.15) is 17.3 Å². The van der Waals surface area contributed by atoms with E-state index in [0.717, 1.165) is 27.6 Å². The van der Waals surface area contributed by atoms with Gasteiger partial charge in [0, 0.05) is 6.54 Å². The largest absolute Gasteiger partial charge is 0.320 e. The Balaban J connectivity index is 1.93. The maximum absolute atomic E-state index is 14.0. The van der Waals surface area contributed by atoms with Crippen molar-refractivity contribution in [2.45, 2.75) is 32.1 Å². The molecule has 0 bridgehead atoms. The summed E-state index contributed by atoms with van der Waals surface area (Å²) in [6.07, 6.45) is 0.366. The zero-order valence-electron chi connectivity index (χ0n) is 18.7. The van der Waals surface area contributed by atoms with E-state index in [9.17, 15) is 22.0 Å². The van der Waals surface area contributed by atoms with Gasteiger partial charge in [0.2, 0.25) is 15.9 Å². The van der Waals surface area contributed by atoms with Crippen LogP contribution in [0.15, 0.2) is 65.6 Å². The van der Waals surface area contributed by atoms with Gasteiger partial charge in [-0.3, -0.25) is 4.79 Å². The second kappa shape index (κ2) is 10.2. The molecule has 0 aliphatic carbocycles. The number of anilines is 1. The molecule has 0 atom stereocenters. The first kappa shape index (κ1) is 24.5. The maximum atomic E-state index is 14.0. The van der Waals surface area contributed by atoms with Crippen molar-refractivity contribution >= 4 is 21.6 Å². The fourth-order valence-corrected chi connectivity index (χ4v) is 5.65. The van der Waals surface area contributed by atoms with Gasteiger partial charge in [-0.15, -0.1) is 0 Å². The number of hydrogen-bond donors (Lipinski definition) is 1. The molecule has 174 valence electrons. The van der Waals surface area contributed by atoms with Crippen LogP contribution in [0.5, 0.6) is 0 Å². The Hall–Kier alpha value is -3.10. The van der Waals surface area contributed by atoms with Crippen LogP contribution in [0.2, 0.25) is 0 Å². The van der Waals surface area contributed by atoms with Crippen LogP contribution in [-0.4, -0.2) is 31.7 Å². The number of carbonyl (C=O) groups excluding carboxylic acids is 1. The standard InChI is InChI=1S/C25H26F2N2O3S/c1-17-14-18(2)25(19(3)15-17)33(31,32)29(13-12-20-8-5-4-6-9-20)16-23(30)28-24-21(26)10-7-11-22(24)27/h4-11,14-15H,12-13,16H2,1-3H3,(H,28,30). The molecule has 5 nitrogen and oxygen atoms in total. The van der Waals surface area contributed by atoms with Gasteiger partial charge in [0.25, 0.3) is 0 Å². The number of halogens is 2. The second-order valence-corrected chi connectivity index (χ2v) is 9.82. The molecule has 0 radical (unpaired) electrons. The Morgan fingerprint density at radius 1 is 0.909 bits per heavy atom. The van der Waals surface area contributed by atoms with Crippen LogP contribution in [-0.2, 0) is 21.2 Å². The molecule has 0 spiro atoms. The molecule has 0 aliphatic heterocycles. The second-order valence-electron chi connectivity index (χ2n) is 7.95. The van der Waals surface area contributed by atoms with E-state index in [2.05, 4.69) is 5.32 Å². The highest BCUT2D eigenvalue weighted by Gasteiger charge is 2.30. The summed E-state index contributed by atoms with van der Waals surface area (Å²) in [5.74, 6) is -2.71. The van der Waals surface area contributed by atoms with E-state index in [4.69, 9.17) is 0 Å². The smallest absolute Gasteiger partial charge is 0.244 e. The van der Waals surface area contributed by atoms with E-state index < -0.39 is 39.8 Å². The molecular weight excluding hydrogens is 446 g/mol. The molecule has 0 saturated carbocycles. The number of aryl methyl sites for hydroxylation is 3. The van der Waals surface area contributed by atoms with Gasteiger partial charge in [-0.2, -0.15) is 4.31 Å². The molecule has 0 unspecified atom stereocenters. The third-order valence-corrected chi connectivity index (χ3v) is 7.39. The van der Waals surface area contributed by atoms with Crippen molar-refractivity contribution in [3.63, 3.8) is 0 Å². The minimum atomic E-state index is -4.07. The Labute approximate surface area is 193 Å². The molecular formula is C25H26F2N2O3S. The highest BCUT2D eigenvalue weighted by atomic mass is 32.2. The number of nitrogens with zero attached hydrogens (tertiary/aromatic N) is 1. The van der Waals surface area contributed by atoms with Crippen LogP contribution in [0.25, 0.3) is 0 Å². The van der Waals surface area contributed by atoms with Crippen molar-refractivity contribution in [2.75, 3.05) is 18.4 Å². The summed E-state index contributed by atoms with van der Waals surface area (Å²) in [5, 5.41) is 2.17. The van der Waals surface area contributed by atoms with E-state index in [1.165, 1.54) is 6.07 Å². The van der Waals surface area contributed by atoms with E-state index in [1.807, 2.05) is 37.3 Å². The van der Waals surface area contributed by atoms with Gasteiger partial charge in [-0.25, -0.2) is 17.2 Å². The molecule has 3 aromatic rings. The SMILES string of the molecule is Cc1cc(C)c(S(=O)(=O)N(CCc2ccccc2)CC(=O)Nc2c(F)cccc2F)c(C)c1. The van der Waals surface area contributed by atoms with Crippen molar-refractivity contribution in [1.29, 1.82) is 0 Å². The van der Waals surface area contributed by atoms with Gasteiger partial charge < -0.3 is 5.32 Å². The first-order valence-electron chi connectivity index (χ1n) is 10.5. The third-order valence-electron chi connectivity index (χ3n) is 5.24. The van der Waals surface area contributed by atoms with E-state index in [0.29, 0.717) is 17.5 Å². The first-order chi connectivity index (χ1) is 15.6. The van der Waals surface area contributed by atoms with E-state index >= 15 is 0 Å². The van der Waals surface area contributed by atoms with Gasteiger partial charge in [-0.1, -0.05) is 54.1 Å². The van der Waals surface area contributed by atoms with Crippen molar-refractivity contribution < 1.29 is 22.0 Å². The van der Waals surface area contributed by atoms with Crippen molar-refractivity contribution in [2.24, 2.45) is 0 Å². The zero-order chi connectivity index (χ0) is 24.2. The fourth-order valence-electron chi connectivity index (χ4n) is 3.84. The first-order valence-corrected chi connectivity index (χ1v) is 11.9. The Morgan fingerprint density at radius 2 is 1.48 bits per heavy atom. The molecule has 1 amide bonds. The normalized spacial score (nSPS) is 11.6. The van der Waals surface area contributed by atoms with Crippen LogP contribution in [0.4, 0.5) is 14.5 Å². The zero-order valence-corrected chi connectivity index (χ0v) is 19.5. The van der Waals surface area contributed by atoms with E-state index in [1.54, 1.807) is 26.0 Å². The van der Waals surface area contributed by atoms with Gasteiger partial charge in [-0.05, 0) is 56.0 Å². The van der Waals surface area contributed by atoms with Crippen LogP contribution >= 0.6 is 0 Å². The topological polar surface area (TPSA) is 66.5 Å². The lowest BCUT2D eigenvalue weighted by atomic mass is 10.1. The Bertz CT molecular complexity index is 1220. The number of nitrogens with one attached hydrogen (secondary N) is 1. The van der Waals surface area contributed by atoms with Crippen LogP contribution in [0.3, 0.4) is 0 Å². The summed E-state index contributed by atoms with van der Waals surface area (Å²) in [7, 11) is -4.07. The van der Waals surface area contributed by atoms with Gasteiger partial charge in [0.05, 0.1) is 11.4 Å². The number of sulfonamides is 1. The number of benzene rings is 3. The summed E-state index contributed by atoms with van der Waals surface area (Å²) in [5.41, 5.74) is 2.35. The van der Waals surface area contributed by atoms with Crippen LogP contribution in [0.1, 0.15) is 22.3 Å². The van der Waals surface area contributed by atoms with Gasteiger partial charge in [0.15, 0.2) is 0 Å².